The first kappa shape index (κ1) is 14.0. The first-order chi connectivity index (χ1) is 10.1. The molecule has 0 bridgehead atoms. The van der Waals surface area contributed by atoms with Crippen LogP contribution < -0.4 is 0 Å². The van der Waals surface area contributed by atoms with Crippen LogP contribution in [-0.2, 0) is 5.75 Å². The van der Waals surface area contributed by atoms with E-state index in [1.165, 1.54) is 23.9 Å². The number of carboxylic acid groups (broad SMARTS) is 1. The second-order valence-corrected chi connectivity index (χ2v) is 6.61. The number of halogens is 1. The van der Waals surface area contributed by atoms with Crippen molar-refractivity contribution >= 4 is 39.3 Å². The van der Waals surface area contributed by atoms with E-state index in [9.17, 15) is 9.18 Å². The van der Waals surface area contributed by atoms with E-state index in [0.717, 1.165) is 20.1 Å². The van der Waals surface area contributed by atoms with E-state index in [-0.39, 0.29) is 5.56 Å². The molecule has 2 aromatic carbocycles. The zero-order valence-electron chi connectivity index (χ0n) is 10.7. The van der Waals surface area contributed by atoms with Crippen LogP contribution in [0.3, 0.4) is 0 Å². The molecule has 1 aromatic heterocycles. The van der Waals surface area contributed by atoms with E-state index < -0.39 is 11.8 Å². The van der Waals surface area contributed by atoms with Crippen LogP contribution in [0.1, 0.15) is 15.9 Å². The first-order valence-electron chi connectivity index (χ1n) is 6.13. The molecule has 0 radical (unpaired) electrons. The third kappa shape index (κ3) is 3.06. The lowest BCUT2D eigenvalue weighted by atomic mass is 10.1. The lowest BCUT2D eigenvalue weighted by Gasteiger charge is -2.02. The minimum Gasteiger partial charge on any atom is -0.478 e. The Morgan fingerprint density at radius 1 is 1.29 bits per heavy atom. The number of hydrogen-bond acceptors (Lipinski definition) is 4. The number of thiazole rings is 1. The van der Waals surface area contributed by atoms with Crippen molar-refractivity contribution in [1.82, 2.24) is 4.98 Å². The molecule has 0 saturated heterocycles. The lowest BCUT2D eigenvalue weighted by Crippen LogP contribution is -2.00. The molecule has 6 heteroatoms. The molecule has 1 N–H and O–H groups in total. The smallest absolute Gasteiger partial charge is 0.338 e. The maximum atomic E-state index is 13.6. The maximum Gasteiger partial charge on any atom is 0.338 e. The summed E-state index contributed by atoms with van der Waals surface area (Å²) in [6.45, 7) is 0. The van der Waals surface area contributed by atoms with Gasteiger partial charge in [-0.2, -0.15) is 0 Å². The third-order valence-electron chi connectivity index (χ3n) is 2.90. The summed E-state index contributed by atoms with van der Waals surface area (Å²) in [6.07, 6.45) is 0. The summed E-state index contributed by atoms with van der Waals surface area (Å²) in [6, 6.07) is 12.1. The molecule has 0 saturated carbocycles. The molecular formula is C15H10FNO2S2. The Kier molecular flexibility index (Phi) is 3.90. The zero-order valence-corrected chi connectivity index (χ0v) is 12.4. The van der Waals surface area contributed by atoms with Crippen molar-refractivity contribution in [2.75, 3.05) is 0 Å². The monoisotopic (exact) mass is 319 g/mol. The molecule has 106 valence electrons. The Morgan fingerprint density at radius 2 is 2.10 bits per heavy atom. The Hall–Kier alpha value is -1.92. The van der Waals surface area contributed by atoms with Crippen molar-refractivity contribution in [2.45, 2.75) is 10.1 Å². The number of carbonyl (C=O) groups is 1. The van der Waals surface area contributed by atoms with Gasteiger partial charge in [0.1, 0.15) is 5.82 Å². The van der Waals surface area contributed by atoms with Gasteiger partial charge in [0.2, 0.25) is 0 Å². The highest BCUT2D eigenvalue weighted by molar-refractivity contribution is 8.00. The number of para-hydroxylation sites is 1. The van der Waals surface area contributed by atoms with Gasteiger partial charge in [0, 0.05) is 5.75 Å². The molecule has 0 amide bonds. The van der Waals surface area contributed by atoms with Gasteiger partial charge in [-0.15, -0.1) is 11.3 Å². The second-order valence-electron chi connectivity index (χ2n) is 4.36. The van der Waals surface area contributed by atoms with E-state index in [1.54, 1.807) is 17.4 Å². The summed E-state index contributed by atoms with van der Waals surface area (Å²) in [7, 11) is 0. The van der Waals surface area contributed by atoms with Crippen LogP contribution in [0.5, 0.6) is 0 Å². The SMILES string of the molecule is O=C(O)c1ccc(CSc2nc3ccccc3s2)cc1F. The van der Waals surface area contributed by atoms with Gasteiger partial charge < -0.3 is 5.11 Å². The van der Waals surface area contributed by atoms with Crippen molar-refractivity contribution in [2.24, 2.45) is 0 Å². The maximum absolute atomic E-state index is 13.6. The fraction of sp³-hybridized carbons (Fsp3) is 0.0667. The van der Waals surface area contributed by atoms with Crippen molar-refractivity contribution in [3.05, 3.63) is 59.4 Å². The van der Waals surface area contributed by atoms with Gasteiger partial charge in [-0.25, -0.2) is 14.2 Å². The minimum absolute atomic E-state index is 0.302. The minimum atomic E-state index is -1.25. The van der Waals surface area contributed by atoms with Gasteiger partial charge >= 0.3 is 5.97 Å². The summed E-state index contributed by atoms with van der Waals surface area (Å²) in [4.78, 5) is 15.2. The Labute approximate surface area is 128 Å². The van der Waals surface area contributed by atoms with E-state index in [4.69, 9.17) is 5.11 Å². The van der Waals surface area contributed by atoms with Crippen molar-refractivity contribution < 1.29 is 14.3 Å². The fourth-order valence-electron chi connectivity index (χ4n) is 1.88. The van der Waals surface area contributed by atoms with Gasteiger partial charge in [-0.05, 0) is 29.8 Å². The molecule has 3 aromatic rings. The highest BCUT2D eigenvalue weighted by atomic mass is 32.2. The van der Waals surface area contributed by atoms with Crippen LogP contribution in [0.15, 0.2) is 46.8 Å². The predicted octanol–water partition coefficient (Wildman–Crippen LogP) is 4.43. The molecule has 0 atom stereocenters. The number of aromatic carboxylic acids is 1. The normalized spacial score (nSPS) is 10.9. The molecular weight excluding hydrogens is 309 g/mol. The van der Waals surface area contributed by atoms with E-state index >= 15 is 0 Å². The molecule has 0 unspecified atom stereocenters. The highest BCUT2D eigenvalue weighted by Gasteiger charge is 2.11. The fourth-order valence-corrected chi connectivity index (χ4v) is 3.89. The molecule has 3 rings (SSSR count). The average Bonchev–Trinajstić information content (AvgIpc) is 2.87. The Morgan fingerprint density at radius 3 is 2.81 bits per heavy atom. The van der Waals surface area contributed by atoms with Crippen LogP contribution in [0.2, 0.25) is 0 Å². The lowest BCUT2D eigenvalue weighted by molar-refractivity contribution is 0.0692. The molecule has 0 spiro atoms. The number of benzene rings is 2. The van der Waals surface area contributed by atoms with Crippen LogP contribution in [-0.4, -0.2) is 16.1 Å². The number of fused-ring (bicyclic) bond motifs is 1. The van der Waals surface area contributed by atoms with Crippen LogP contribution in [0, 0.1) is 5.82 Å². The quantitative estimate of drug-likeness (QED) is 0.723. The standard InChI is InChI=1S/C15H10FNO2S2/c16-11-7-9(5-6-10(11)14(18)19)8-20-15-17-12-3-1-2-4-13(12)21-15/h1-7H,8H2,(H,18,19). The Bertz CT molecular complexity index is 783. The van der Waals surface area contributed by atoms with Gasteiger partial charge in [-0.1, -0.05) is 30.0 Å². The largest absolute Gasteiger partial charge is 0.478 e. The molecule has 0 fully saturated rings. The van der Waals surface area contributed by atoms with Gasteiger partial charge in [0.25, 0.3) is 0 Å². The van der Waals surface area contributed by atoms with Crippen LogP contribution in [0.4, 0.5) is 4.39 Å². The van der Waals surface area contributed by atoms with Crippen LogP contribution >= 0.6 is 23.1 Å². The second kappa shape index (κ2) is 5.83. The number of nitrogens with zero attached hydrogens (tertiary/aromatic N) is 1. The zero-order chi connectivity index (χ0) is 14.8. The average molecular weight is 319 g/mol. The molecule has 21 heavy (non-hydrogen) atoms. The number of hydrogen-bond donors (Lipinski definition) is 1. The first-order valence-corrected chi connectivity index (χ1v) is 7.94. The summed E-state index contributed by atoms with van der Waals surface area (Å²) in [5, 5.41) is 8.79. The van der Waals surface area contributed by atoms with Gasteiger partial charge in [0.15, 0.2) is 4.34 Å². The third-order valence-corrected chi connectivity index (χ3v) is 5.15. The summed E-state index contributed by atoms with van der Waals surface area (Å²) < 4.78 is 15.6. The number of carboxylic acids is 1. The number of thioether (sulfide) groups is 1. The topological polar surface area (TPSA) is 50.2 Å². The molecule has 3 nitrogen and oxygen atoms in total. The number of rotatable bonds is 4. The molecule has 0 aliphatic rings. The summed E-state index contributed by atoms with van der Waals surface area (Å²) in [5.74, 6) is -1.40. The molecule has 1 heterocycles. The summed E-state index contributed by atoms with van der Waals surface area (Å²) >= 11 is 3.11. The van der Waals surface area contributed by atoms with Crippen molar-refractivity contribution in [1.29, 1.82) is 0 Å². The summed E-state index contributed by atoms with van der Waals surface area (Å²) in [5.41, 5.74) is 1.39. The molecule has 0 aliphatic carbocycles. The van der Waals surface area contributed by atoms with Gasteiger partial charge in [0.05, 0.1) is 15.8 Å². The van der Waals surface area contributed by atoms with E-state index in [1.807, 2.05) is 24.3 Å². The predicted molar refractivity (Wildman–Crippen MR) is 82.5 cm³/mol. The molecule has 0 aliphatic heterocycles. The Balaban J connectivity index is 1.75. The van der Waals surface area contributed by atoms with E-state index in [2.05, 4.69) is 4.98 Å². The highest BCUT2D eigenvalue weighted by Crippen LogP contribution is 2.31. The van der Waals surface area contributed by atoms with Crippen molar-refractivity contribution in [3.8, 4) is 0 Å². The van der Waals surface area contributed by atoms with Gasteiger partial charge in [-0.3, -0.25) is 0 Å². The van der Waals surface area contributed by atoms with Crippen LogP contribution in [0.25, 0.3) is 10.2 Å². The van der Waals surface area contributed by atoms with Crippen molar-refractivity contribution in [3.63, 3.8) is 0 Å². The van der Waals surface area contributed by atoms with E-state index in [0.29, 0.717) is 5.75 Å². The number of aromatic nitrogens is 1.